The summed E-state index contributed by atoms with van der Waals surface area (Å²) < 4.78 is 18.0. The van der Waals surface area contributed by atoms with Gasteiger partial charge in [-0.05, 0) is 64.9 Å². The van der Waals surface area contributed by atoms with Gasteiger partial charge in [-0.15, -0.1) is 0 Å². The quantitative estimate of drug-likeness (QED) is 0.801. The van der Waals surface area contributed by atoms with E-state index in [2.05, 4.69) is 47.3 Å². The Labute approximate surface area is 123 Å². The van der Waals surface area contributed by atoms with Crippen molar-refractivity contribution in [3.8, 4) is 5.75 Å². The van der Waals surface area contributed by atoms with Gasteiger partial charge >= 0.3 is 7.12 Å². The lowest BCUT2D eigenvalue weighted by atomic mass is 9.79. The summed E-state index contributed by atoms with van der Waals surface area (Å²) in [5.41, 5.74) is 0.433. The molecule has 20 heavy (non-hydrogen) atoms. The van der Waals surface area contributed by atoms with Crippen molar-refractivity contribution in [2.75, 3.05) is 0 Å². The summed E-state index contributed by atoms with van der Waals surface area (Å²) in [7, 11) is -1.86. The topological polar surface area (TPSA) is 27.7 Å². The van der Waals surface area contributed by atoms with Gasteiger partial charge in [-0.25, -0.2) is 0 Å². The average molecular weight is 292 g/mol. The molecule has 0 saturated carbocycles. The van der Waals surface area contributed by atoms with Gasteiger partial charge in [0.1, 0.15) is 5.75 Å². The van der Waals surface area contributed by atoms with Crippen LogP contribution in [0.25, 0.3) is 0 Å². The molecule has 1 aromatic rings. The predicted octanol–water partition coefficient (Wildman–Crippen LogP) is 3.20. The molecular formula is C15H25BO3Si. The van der Waals surface area contributed by atoms with Crippen LogP contribution in [0.2, 0.25) is 19.6 Å². The molecule has 0 spiro atoms. The second kappa shape index (κ2) is 4.90. The first-order valence-corrected chi connectivity index (χ1v) is 10.6. The molecule has 1 aromatic carbocycles. The fourth-order valence-electron chi connectivity index (χ4n) is 2.03. The monoisotopic (exact) mass is 292 g/mol. The third kappa shape index (κ3) is 3.27. The minimum absolute atomic E-state index is 0.300. The highest BCUT2D eigenvalue weighted by atomic mass is 28.4. The van der Waals surface area contributed by atoms with Crippen LogP contribution in [0.4, 0.5) is 0 Å². The molecule has 0 amide bonds. The molecule has 2 rings (SSSR count). The number of rotatable bonds is 3. The van der Waals surface area contributed by atoms with Crippen LogP contribution in [0, 0.1) is 0 Å². The van der Waals surface area contributed by atoms with Gasteiger partial charge < -0.3 is 13.7 Å². The zero-order chi connectivity index (χ0) is 15.2. The van der Waals surface area contributed by atoms with E-state index in [1.807, 2.05) is 24.3 Å². The van der Waals surface area contributed by atoms with Gasteiger partial charge in [0.05, 0.1) is 11.2 Å². The van der Waals surface area contributed by atoms with Crippen LogP contribution >= 0.6 is 0 Å². The molecule has 0 aliphatic carbocycles. The van der Waals surface area contributed by atoms with Gasteiger partial charge in [0, 0.05) is 0 Å². The Bertz CT molecular complexity index is 461. The summed E-state index contributed by atoms with van der Waals surface area (Å²) in [6.45, 7) is 14.8. The first-order valence-electron chi connectivity index (χ1n) is 7.15. The summed E-state index contributed by atoms with van der Waals surface area (Å²) in [5, 5.41) is 0. The van der Waals surface area contributed by atoms with E-state index in [1.165, 1.54) is 0 Å². The highest BCUT2D eigenvalue weighted by Gasteiger charge is 2.51. The molecule has 5 heteroatoms. The maximum absolute atomic E-state index is 6.04. The van der Waals surface area contributed by atoms with E-state index in [9.17, 15) is 0 Å². The Kier molecular flexibility index (Phi) is 3.82. The average Bonchev–Trinajstić information content (AvgIpc) is 2.47. The highest BCUT2D eigenvalue weighted by molar-refractivity contribution is 6.70. The SMILES string of the molecule is CC1(C)OB(c2ccc(O[Si](C)(C)C)cc2)OC1(C)C. The molecule has 1 fully saturated rings. The molecule has 1 aliphatic rings. The van der Waals surface area contributed by atoms with E-state index < -0.39 is 8.32 Å². The highest BCUT2D eigenvalue weighted by Crippen LogP contribution is 2.36. The number of benzene rings is 1. The summed E-state index contributed by atoms with van der Waals surface area (Å²) >= 11 is 0. The van der Waals surface area contributed by atoms with Crippen LogP contribution in [-0.2, 0) is 9.31 Å². The van der Waals surface area contributed by atoms with Crippen molar-refractivity contribution in [3.63, 3.8) is 0 Å². The number of hydrogen-bond acceptors (Lipinski definition) is 3. The van der Waals surface area contributed by atoms with Crippen LogP contribution in [0.15, 0.2) is 24.3 Å². The van der Waals surface area contributed by atoms with Crippen molar-refractivity contribution in [2.24, 2.45) is 0 Å². The molecule has 0 radical (unpaired) electrons. The van der Waals surface area contributed by atoms with Gasteiger partial charge in [-0.3, -0.25) is 0 Å². The first-order chi connectivity index (χ1) is 9.00. The summed E-state index contributed by atoms with van der Waals surface area (Å²) in [4.78, 5) is 0. The second-order valence-corrected chi connectivity index (χ2v) is 11.8. The fraction of sp³-hybridized carbons (Fsp3) is 0.600. The van der Waals surface area contributed by atoms with Crippen molar-refractivity contribution < 1.29 is 13.7 Å². The van der Waals surface area contributed by atoms with Crippen molar-refractivity contribution in [3.05, 3.63) is 24.3 Å². The van der Waals surface area contributed by atoms with Crippen molar-refractivity contribution >= 4 is 20.9 Å². The molecule has 1 aliphatic heterocycles. The van der Waals surface area contributed by atoms with Crippen LogP contribution in [-0.4, -0.2) is 26.6 Å². The van der Waals surface area contributed by atoms with Crippen molar-refractivity contribution in [2.45, 2.75) is 58.5 Å². The summed E-state index contributed by atoms with van der Waals surface area (Å²) in [6, 6.07) is 8.05. The molecule has 0 aromatic heterocycles. The summed E-state index contributed by atoms with van der Waals surface area (Å²) in [5.74, 6) is 0.921. The van der Waals surface area contributed by atoms with E-state index in [-0.39, 0.29) is 18.3 Å². The molecule has 0 unspecified atom stereocenters. The van der Waals surface area contributed by atoms with Crippen LogP contribution in [0.1, 0.15) is 27.7 Å². The molecule has 0 N–H and O–H groups in total. The maximum atomic E-state index is 6.04. The third-order valence-corrected chi connectivity index (χ3v) is 4.68. The van der Waals surface area contributed by atoms with Crippen LogP contribution in [0.5, 0.6) is 5.75 Å². The Balaban J connectivity index is 2.12. The molecule has 0 bridgehead atoms. The van der Waals surface area contributed by atoms with E-state index in [0.717, 1.165) is 11.2 Å². The summed E-state index contributed by atoms with van der Waals surface area (Å²) in [6.07, 6.45) is 0. The minimum atomic E-state index is -1.56. The van der Waals surface area contributed by atoms with Gasteiger partial charge in [-0.2, -0.15) is 0 Å². The van der Waals surface area contributed by atoms with Crippen LogP contribution < -0.4 is 9.89 Å². The molecule has 0 atom stereocenters. The van der Waals surface area contributed by atoms with Crippen molar-refractivity contribution in [1.29, 1.82) is 0 Å². The first kappa shape index (κ1) is 15.6. The maximum Gasteiger partial charge on any atom is 0.494 e. The zero-order valence-electron chi connectivity index (χ0n) is 13.6. The molecular weight excluding hydrogens is 267 g/mol. The Hall–Kier alpha value is -0.778. The molecule has 1 saturated heterocycles. The smallest absolute Gasteiger partial charge is 0.494 e. The molecule has 1 heterocycles. The van der Waals surface area contributed by atoms with E-state index in [4.69, 9.17) is 13.7 Å². The second-order valence-electron chi connectivity index (χ2n) is 7.37. The Morgan fingerprint density at radius 2 is 1.35 bits per heavy atom. The van der Waals surface area contributed by atoms with Gasteiger partial charge in [-0.1, -0.05) is 12.1 Å². The van der Waals surface area contributed by atoms with Crippen molar-refractivity contribution in [1.82, 2.24) is 0 Å². The normalized spacial score (nSPS) is 21.1. The number of hydrogen-bond donors (Lipinski definition) is 0. The predicted molar refractivity (Wildman–Crippen MR) is 86.1 cm³/mol. The van der Waals surface area contributed by atoms with Gasteiger partial charge in [0.15, 0.2) is 0 Å². The largest absolute Gasteiger partial charge is 0.544 e. The third-order valence-electron chi connectivity index (χ3n) is 3.83. The van der Waals surface area contributed by atoms with Gasteiger partial charge in [0.25, 0.3) is 0 Å². The fourth-order valence-corrected chi connectivity index (χ4v) is 2.87. The van der Waals surface area contributed by atoms with E-state index >= 15 is 0 Å². The van der Waals surface area contributed by atoms with E-state index in [0.29, 0.717) is 0 Å². The minimum Gasteiger partial charge on any atom is -0.544 e. The lowest BCUT2D eigenvalue weighted by Gasteiger charge is -2.32. The lowest BCUT2D eigenvalue weighted by Crippen LogP contribution is -2.41. The van der Waals surface area contributed by atoms with E-state index in [1.54, 1.807) is 0 Å². The Morgan fingerprint density at radius 1 is 0.900 bits per heavy atom. The molecule has 3 nitrogen and oxygen atoms in total. The lowest BCUT2D eigenvalue weighted by molar-refractivity contribution is 0.00578. The Morgan fingerprint density at radius 3 is 1.75 bits per heavy atom. The van der Waals surface area contributed by atoms with Crippen LogP contribution in [0.3, 0.4) is 0 Å². The molecule has 110 valence electrons. The zero-order valence-corrected chi connectivity index (χ0v) is 14.6. The van der Waals surface area contributed by atoms with Gasteiger partial charge in [0.2, 0.25) is 8.32 Å². The standard InChI is InChI=1S/C15H25BO3Si/c1-14(2)15(3,4)19-16(18-14)12-8-10-13(11-9-12)17-20(5,6)7/h8-11H,1-7H3.